The molecule has 0 saturated heterocycles. The molecule has 0 aliphatic heterocycles. The van der Waals surface area contributed by atoms with E-state index < -0.39 is 5.97 Å². The van der Waals surface area contributed by atoms with Gasteiger partial charge >= 0.3 is 5.97 Å². The standard InChI is InChI=1S/C13H16N4O3/c1-2-20-13(19)12-10-9(17(16-12)5-6-18)4-3-8-7-14-15-11(8)10/h7,18H,2-6H2,1H3,(H,14,15). The number of nitrogens with zero attached hydrogens (tertiary/aromatic N) is 3. The maximum atomic E-state index is 12.1. The van der Waals surface area contributed by atoms with Crippen LogP contribution < -0.4 is 0 Å². The molecule has 0 amide bonds. The number of aromatic amines is 1. The third-order valence-corrected chi connectivity index (χ3v) is 3.44. The van der Waals surface area contributed by atoms with E-state index in [4.69, 9.17) is 9.84 Å². The molecule has 0 unspecified atom stereocenters. The maximum absolute atomic E-state index is 12.1. The minimum absolute atomic E-state index is 0.0216. The summed E-state index contributed by atoms with van der Waals surface area (Å²) in [7, 11) is 0. The van der Waals surface area contributed by atoms with Crippen LogP contribution in [0.5, 0.6) is 0 Å². The average molecular weight is 276 g/mol. The van der Waals surface area contributed by atoms with E-state index in [-0.39, 0.29) is 6.61 Å². The number of aliphatic hydroxyl groups is 1. The fourth-order valence-corrected chi connectivity index (χ4v) is 2.61. The van der Waals surface area contributed by atoms with Gasteiger partial charge in [0.15, 0.2) is 5.69 Å². The summed E-state index contributed by atoms with van der Waals surface area (Å²) in [4.78, 5) is 12.1. The summed E-state index contributed by atoms with van der Waals surface area (Å²) in [6.07, 6.45) is 3.39. The second-order valence-corrected chi connectivity index (χ2v) is 4.61. The van der Waals surface area contributed by atoms with Crippen molar-refractivity contribution in [2.75, 3.05) is 13.2 Å². The number of aliphatic hydroxyl groups excluding tert-OH is 1. The molecular weight excluding hydrogens is 260 g/mol. The summed E-state index contributed by atoms with van der Waals surface area (Å²) in [6, 6.07) is 0. The van der Waals surface area contributed by atoms with Crippen molar-refractivity contribution in [1.29, 1.82) is 0 Å². The van der Waals surface area contributed by atoms with Gasteiger partial charge in [0.1, 0.15) is 0 Å². The van der Waals surface area contributed by atoms with Gasteiger partial charge in [-0.1, -0.05) is 0 Å². The number of aromatic nitrogens is 4. The molecule has 1 aliphatic carbocycles. The number of hydrogen-bond donors (Lipinski definition) is 2. The summed E-state index contributed by atoms with van der Waals surface area (Å²) < 4.78 is 6.75. The van der Waals surface area contributed by atoms with Crippen LogP contribution in [0.4, 0.5) is 0 Å². The number of rotatable bonds is 4. The molecule has 20 heavy (non-hydrogen) atoms. The van der Waals surface area contributed by atoms with Crippen molar-refractivity contribution in [1.82, 2.24) is 20.0 Å². The van der Waals surface area contributed by atoms with Gasteiger partial charge in [-0.2, -0.15) is 10.2 Å². The van der Waals surface area contributed by atoms with Crippen LogP contribution in [-0.2, 0) is 24.1 Å². The minimum Gasteiger partial charge on any atom is -0.461 e. The van der Waals surface area contributed by atoms with Gasteiger partial charge in [-0.15, -0.1) is 0 Å². The fraction of sp³-hybridized carbons (Fsp3) is 0.462. The summed E-state index contributed by atoms with van der Waals surface area (Å²) in [5.41, 5.74) is 3.90. The highest BCUT2D eigenvalue weighted by atomic mass is 16.5. The van der Waals surface area contributed by atoms with E-state index in [9.17, 15) is 4.79 Å². The van der Waals surface area contributed by atoms with Gasteiger partial charge < -0.3 is 9.84 Å². The first kappa shape index (κ1) is 12.9. The SMILES string of the molecule is CCOC(=O)c1nn(CCO)c2c1-c1[nH]ncc1CC2. The van der Waals surface area contributed by atoms with E-state index in [0.29, 0.717) is 18.8 Å². The molecule has 2 N–H and O–H groups in total. The Labute approximate surface area is 115 Å². The van der Waals surface area contributed by atoms with Crippen molar-refractivity contribution in [3.63, 3.8) is 0 Å². The number of aryl methyl sites for hydroxylation is 1. The highest BCUT2D eigenvalue weighted by Crippen LogP contribution is 2.34. The Bertz CT molecular complexity index is 644. The van der Waals surface area contributed by atoms with Crippen molar-refractivity contribution in [2.24, 2.45) is 0 Å². The molecule has 106 valence electrons. The Kier molecular flexibility index (Phi) is 3.27. The molecule has 0 aromatic carbocycles. The van der Waals surface area contributed by atoms with Crippen LogP contribution in [0.15, 0.2) is 6.20 Å². The zero-order chi connectivity index (χ0) is 14.1. The van der Waals surface area contributed by atoms with Crippen molar-refractivity contribution in [2.45, 2.75) is 26.3 Å². The molecule has 2 heterocycles. The first-order valence-electron chi connectivity index (χ1n) is 6.66. The van der Waals surface area contributed by atoms with Crippen molar-refractivity contribution >= 4 is 5.97 Å². The Morgan fingerprint density at radius 3 is 3.15 bits per heavy atom. The highest BCUT2D eigenvalue weighted by Gasteiger charge is 2.30. The first-order valence-corrected chi connectivity index (χ1v) is 6.66. The molecule has 0 atom stereocenters. The van der Waals surface area contributed by atoms with E-state index >= 15 is 0 Å². The van der Waals surface area contributed by atoms with Crippen LogP contribution in [0.3, 0.4) is 0 Å². The van der Waals surface area contributed by atoms with E-state index in [1.54, 1.807) is 17.8 Å². The fourth-order valence-electron chi connectivity index (χ4n) is 2.61. The lowest BCUT2D eigenvalue weighted by Gasteiger charge is -2.13. The smallest absolute Gasteiger partial charge is 0.359 e. The summed E-state index contributed by atoms with van der Waals surface area (Å²) in [5.74, 6) is -0.442. The number of nitrogens with one attached hydrogen (secondary N) is 1. The molecule has 7 heteroatoms. The number of ether oxygens (including phenoxy) is 1. The molecule has 2 aromatic heterocycles. The molecule has 3 rings (SSSR count). The van der Waals surface area contributed by atoms with Gasteiger partial charge in [0.25, 0.3) is 0 Å². The van der Waals surface area contributed by atoms with Gasteiger partial charge in [0, 0.05) is 5.69 Å². The number of hydrogen-bond acceptors (Lipinski definition) is 5. The molecule has 0 bridgehead atoms. The number of fused-ring (bicyclic) bond motifs is 3. The summed E-state index contributed by atoms with van der Waals surface area (Å²) in [5, 5.41) is 20.4. The monoisotopic (exact) mass is 276 g/mol. The van der Waals surface area contributed by atoms with Gasteiger partial charge in [-0.05, 0) is 25.3 Å². The lowest BCUT2D eigenvalue weighted by atomic mass is 9.94. The normalized spacial score (nSPS) is 12.9. The van der Waals surface area contributed by atoms with Gasteiger partial charge in [0.2, 0.25) is 0 Å². The lowest BCUT2D eigenvalue weighted by molar-refractivity contribution is 0.0519. The molecule has 0 spiro atoms. The predicted molar refractivity (Wildman–Crippen MR) is 70.3 cm³/mol. The molecule has 2 aromatic rings. The largest absolute Gasteiger partial charge is 0.461 e. The number of H-pyrrole nitrogens is 1. The topological polar surface area (TPSA) is 93.0 Å². The highest BCUT2D eigenvalue weighted by molar-refractivity contribution is 5.96. The van der Waals surface area contributed by atoms with Gasteiger partial charge in [0.05, 0.1) is 37.2 Å². The lowest BCUT2D eigenvalue weighted by Crippen LogP contribution is -2.11. The molecule has 1 aliphatic rings. The van der Waals surface area contributed by atoms with Crippen LogP contribution in [-0.4, -0.2) is 44.3 Å². The number of carbonyl (C=O) groups is 1. The first-order chi connectivity index (χ1) is 9.76. The third kappa shape index (κ3) is 1.90. The van der Waals surface area contributed by atoms with Gasteiger partial charge in [-0.25, -0.2) is 4.79 Å². The van der Waals surface area contributed by atoms with Crippen molar-refractivity contribution in [3.05, 3.63) is 23.1 Å². The van der Waals surface area contributed by atoms with Crippen molar-refractivity contribution < 1.29 is 14.6 Å². The van der Waals surface area contributed by atoms with E-state index in [1.165, 1.54) is 0 Å². The maximum Gasteiger partial charge on any atom is 0.359 e. The second-order valence-electron chi connectivity index (χ2n) is 4.61. The third-order valence-electron chi connectivity index (χ3n) is 3.44. The van der Waals surface area contributed by atoms with E-state index in [1.807, 2.05) is 0 Å². The van der Waals surface area contributed by atoms with Crippen molar-refractivity contribution in [3.8, 4) is 11.3 Å². The molecule has 0 saturated carbocycles. The van der Waals surface area contributed by atoms with Crippen LogP contribution in [0.2, 0.25) is 0 Å². The second kappa shape index (κ2) is 5.09. The average Bonchev–Trinajstić information content (AvgIpc) is 3.03. The molecule has 0 fully saturated rings. The van der Waals surface area contributed by atoms with Crippen LogP contribution in [0.1, 0.15) is 28.7 Å². The van der Waals surface area contributed by atoms with E-state index in [2.05, 4.69) is 15.3 Å². The van der Waals surface area contributed by atoms with Crippen LogP contribution in [0.25, 0.3) is 11.3 Å². The Morgan fingerprint density at radius 1 is 1.55 bits per heavy atom. The minimum atomic E-state index is -0.442. The predicted octanol–water partition coefficient (Wildman–Crippen LogP) is 0.541. The van der Waals surface area contributed by atoms with Gasteiger partial charge in [-0.3, -0.25) is 9.78 Å². The molecular formula is C13H16N4O3. The summed E-state index contributed by atoms with van der Waals surface area (Å²) >= 11 is 0. The quantitative estimate of drug-likeness (QED) is 0.795. The number of carbonyl (C=O) groups excluding carboxylic acids is 1. The zero-order valence-corrected chi connectivity index (χ0v) is 11.2. The Balaban J connectivity index is 2.14. The van der Waals surface area contributed by atoms with Crippen LogP contribution in [0, 0.1) is 0 Å². The molecule has 0 radical (unpaired) electrons. The number of esters is 1. The molecule has 7 nitrogen and oxygen atoms in total. The van der Waals surface area contributed by atoms with E-state index in [0.717, 1.165) is 35.4 Å². The Hall–Kier alpha value is -2.15. The zero-order valence-electron chi connectivity index (χ0n) is 11.2. The summed E-state index contributed by atoms with van der Waals surface area (Å²) in [6.45, 7) is 2.41. The Morgan fingerprint density at radius 2 is 2.40 bits per heavy atom. The van der Waals surface area contributed by atoms with Crippen LogP contribution >= 0.6 is 0 Å².